The Kier molecular flexibility index (Phi) is 3.29. The topological polar surface area (TPSA) is 83.2 Å². The number of nitrogens with two attached hydrogens (primary N) is 1. The van der Waals surface area contributed by atoms with Gasteiger partial charge in [0.15, 0.2) is 11.5 Å². The van der Waals surface area contributed by atoms with Gasteiger partial charge < -0.3 is 29.8 Å². The quantitative estimate of drug-likeness (QED) is 0.791. The molecule has 0 aromatic heterocycles. The van der Waals surface area contributed by atoms with Gasteiger partial charge in [-0.15, -0.1) is 0 Å². The van der Waals surface area contributed by atoms with E-state index < -0.39 is 12.6 Å². The van der Waals surface area contributed by atoms with E-state index in [4.69, 9.17) is 24.7 Å². The Bertz CT molecular complexity index is 491. The van der Waals surface area contributed by atoms with E-state index in [0.717, 1.165) is 12.0 Å². The van der Waals surface area contributed by atoms with Crippen LogP contribution in [0.3, 0.4) is 0 Å². The Hall–Kier alpha value is -1.76. The molecule has 0 saturated heterocycles. The maximum Gasteiger partial charge on any atom is 0.222 e. The maximum atomic E-state index is 9.93. The van der Waals surface area contributed by atoms with E-state index in [2.05, 4.69) is 0 Å². The molecule has 19 heavy (non-hydrogen) atoms. The van der Waals surface area contributed by atoms with Crippen molar-refractivity contribution in [3.63, 3.8) is 0 Å². The molecule has 0 aromatic carbocycles. The van der Waals surface area contributed by atoms with Gasteiger partial charge in [-0.1, -0.05) is 0 Å². The third-order valence-electron chi connectivity index (χ3n) is 2.96. The van der Waals surface area contributed by atoms with Crippen molar-refractivity contribution in [3.05, 3.63) is 47.5 Å². The minimum atomic E-state index is -1.14. The van der Waals surface area contributed by atoms with Crippen molar-refractivity contribution in [1.29, 1.82) is 0 Å². The van der Waals surface area contributed by atoms with E-state index in [9.17, 15) is 5.11 Å². The molecule has 0 spiro atoms. The Morgan fingerprint density at radius 2 is 2.21 bits per heavy atom. The van der Waals surface area contributed by atoms with Crippen LogP contribution in [0.2, 0.25) is 0 Å². The van der Waals surface area contributed by atoms with Crippen LogP contribution < -0.4 is 5.73 Å². The van der Waals surface area contributed by atoms with Crippen LogP contribution in [0.1, 0.15) is 12.8 Å². The number of rotatable bonds is 3. The van der Waals surface area contributed by atoms with Gasteiger partial charge in [-0.2, -0.15) is 0 Å². The van der Waals surface area contributed by atoms with Gasteiger partial charge in [-0.05, 0) is 25.1 Å². The standard InChI is InChI=1S/C13H15NO5/c14-5-1-4-10-18-11-8-3-2-6-16-9(8)7-17-12(11)13(15)19-10/h2-3,6-7,10,13,15H,1,4-5,14H2. The Morgan fingerprint density at radius 1 is 1.32 bits per heavy atom. The van der Waals surface area contributed by atoms with E-state index in [1.165, 1.54) is 6.26 Å². The molecule has 3 heterocycles. The summed E-state index contributed by atoms with van der Waals surface area (Å²) >= 11 is 0. The number of hydrogen-bond donors (Lipinski definition) is 2. The van der Waals surface area contributed by atoms with Crippen molar-refractivity contribution >= 4 is 0 Å². The Morgan fingerprint density at radius 3 is 3.05 bits per heavy atom. The first-order chi connectivity index (χ1) is 9.29. The lowest BCUT2D eigenvalue weighted by atomic mass is 10.1. The molecule has 0 radical (unpaired) electrons. The van der Waals surface area contributed by atoms with E-state index >= 15 is 0 Å². The average Bonchev–Trinajstić information content (AvgIpc) is 2.45. The molecule has 102 valence electrons. The SMILES string of the molecule is NCCCC1OC2=C(OC=C3OC=CC=C32)C(O)O1. The highest BCUT2D eigenvalue weighted by Crippen LogP contribution is 2.37. The van der Waals surface area contributed by atoms with Gasteiger partial charge in [-0.3, -0.25) is 0 Å². The zero-order chi connectivity index (χ0) is 13.2. The molecular formula is C13H15NO5. The second-order valence-corrected chi connectivity index (χ2v) is 4.29. The number of aliphatic hydroxyl groups is 1. The average molecular weight is 265 g/mol. The van der Waals surface area contributed by atoms with Crippen molar-refractivity contribution in [2.24, 2.45) is 5.73 Å². The second-order valence-electron chi connectivity index (χ2n) is 4.29. The molecule has 0 fully saturated rings. The van der Waals surface area contributed by atoms with Crippen LogP contribution in [0.5, 0.6) is 0 Å². The fourth-order valence-corrected chi connectivity index (χ4v) is 2.04. The lowest BCUT2D eigenvalue weighted by Crippen LogP contribution is -2.35. The summed E-state index contributed by atoms with van der Waals surface area (Å²) in [5.74, 6) is 1.26. The highest BCUT2D eigenvalue weighted by atomic mass is 16.8. The molecule has 3 aliphatic rings. The minimum Gasteiger partial charge on any atom is -0.461 e. The summed E-state index contributed by atoms with van der Waals surface area (Å²) in [5.41, 5.74) is 6.20. The van der Waals surface area contributed by atoms with E-state index in [0.29, 0.717) is 24.5 Å². The first-order valence-electron chi connectivity index (χ1n) is 6.15. The Labute approximate surface area is 110 Å². The zero-order valence-electron chi connectivity index (χ0n) is 10.2. The molecule has 3 rings (SSSR count). The lowest BCUT2D eigenvalue weighted by Gasteiger charge is -2.34. The zero-order valence-corrected chi connectivity index (χ0v) is 10.2. The first-order valence-corrected chi connectivity index (χ1v) is 6.15. The molecule has 0 aromatic rings. The number of fused-ring (bicyclic) bond motifs is 2. The minimum absolute atomic E-state index is 0.248. The highest BCUT2D eigenvalue weighted by Gasteiger charge is 2.37. The van der Waals surface area contributed by atoms with Crippen LogP contribution in [0, 0.1) is 0 Å². The smallest absolute Gasteiger partial charge is 0.222 e. The lowest BCUT2D eigenvalue weighted by molar-refractivity contribution is -0.235. The van der Waals surface area contributed by atoms with Gasteiger partial charge in [0.25, 0.3) is 0 Å². The Balaban J connectivity index is 1.85. The van der Waals surface area contributed by atoms with Crippen LogP contribution in [0.15, 0.2) is 47.5 Å². The monoisotopic (exact) mass is 265 g/mol. The number of ether oxygens (including phenoxy) is 4. The molecule has 0 aliphatic carbocycles. The summed E-state index contributed by atoms with van der Waals surface area (Å²) in [6, 6.07) is 0. The van der Waals surface area contributed by atoms with Crippen molar-refractivity contribution in [1.82, 2.24) is 0 Å². The van der Waals surface area contributed by atoms with Crippen molar-refractivity contribution in [3.8, 4) is 0 Å². The van der Waals surface area contributed by atoms with E-state index in [1.54, 1.807) is 12.3 Å². The molecular weight excluding hydrogens is 250 g/mol. The molecule has 2 atom stereocenters. The molecule has 6 heteroatoms. The summed E-state index contributed by atoms with van der Waals surface area (Å²) in [6.07, 6.45) is 6.24. The van der Waals surface area contributed by atoms with Crippen LogP contribution >= 0.6 is 0 Å². The van der Waals surface area contributed by atoms with Gasteiger partial charge >= 0.3 is 0 Å². The van der Waals surface area contributed by atoms with E-state index in [-0.39, 0.29) is 5.76 Å². The summed E-state index contributed by atoms with van der Waals surface area (Å²) in [4.78, 5) is 0. The van der Waals surface area contributed by atoms with Crippen molar-refractivity contribution in [2.45, 2.75) is 25.4 Å². The third kappa shape index (κ3) is 2.25. The molecule has 0 saturated carbocycles. The molecule has 2 unspecified atom stereocenters. The van der Waals surface area contributed by atoms with Crippen LogP contribution in [0.25, 0.3) is 0 Å². The summed E-state index contributed by atoms with van der Waals surface area (Å²) < 4.78 is 21.7. The number of aliphatic hydroxyl groups excluding tert-OH is 1. The van der Waals surface area contributed by atoms with Crippen molar-refractivity contribution in [2.75, 3.05) is 6.54 Å². The largest absolute Gasteiger partial charge is 0.461 e. The van der Waals surface area contributed by atoms with Gasteiger partial charge in [0.05, 0.1) is 11.8 Å². The molecule has 3 N–H and O–H groups in total. The van der Waals surface area contributed by atoms with Crippen LogP contribution in [-0.2, 0) is 18.9 Å². The van der Waals surface area contributed by atoms with Gasteiger partial charge in [0, 0.05) is 6.42 Å². The van der Waals surface area contributed by atoms with E-state index in [1.807, 2.05) is 6.08 Å². The normalized spacial score (nSPS) is 28.3. The second kappa shape index (κ2) is 5.08. The fourth-order valence-electron chi connectivity index (χ4n) is 2.04. The van der Waals surface area contributed by atoms with Crippen molar-refractivity contribution < 1.29 is 24.1 Å². The summed E-state index contributed by atoms with van der Waals surface area (Å²) in [6.45, 7) is 0.543. The van der Waals surface area contributed by atoms with Crippen LogP contribution in [0.4, 0.5) is 0 Å². The number of hydrogen-bond acceptors (Lipinski definition) is 6. The maximum absolute atomic E-state index is 9.93. The predicted molar refractivity (Wildman–Crippen MR) is 64.8 cm³/mol. The molecule has 0 bridgehead atoms. The first kappa shape index (κ1) is 12.3. The number of allylic oxidation sites excluding steroid dienone is 2. The summed E-state index contributed by atoms with van der Waals surface area (Å²) in [7, 11) is 0. The fraction of sp³-hybridized carbons (Fsp3) is 0.385. The van der Waals surface area contributed by atoms with Gasteiger partial charge in [0.2, 0.25) is 18.3 Å². The van der Waals surface area contributed by atoms with Gasteiger partial charge in [-0.25, -0.2) is 0 Å². The molecule has 0 amide bonds. The third-order valence-corrected chi connectivity index (χ3v) is 2.96. The van der Waals surface area contributed by atoms with Crippen LogP contribution in [-0.4, -0.2) is 24.2 Å². The highest BCUT2D eigenvalue weighted by molar-refractivity contribution is 5.48. The predicted octanol–water partition coefficient (Wildman–Crippen LogP) is 0.970. The van der Waals surface area contributed by atoms with Gasteiger partial charge in [0.1, 0.15) is 6.26 Å². The molecule has 6 nitrogen and oxygen atoms in total. The molecule has 3 aliphatic heterocycles. The summed E-state index contributed by atoms with van der Waals surface area (Å²) in [5, 5.41) is 9.93.